The number of imidazole rings is 1. The zero-order valence-electron chi connectivity index (χ0n) is 8.36. The average molecular weight is 183 g/mol. The summed E-state index contributed by atoms with van der Waals surface area (Å²) in [6.07, 6.45) is 3.61. The van der Waals surface area contributed by atoms with Gasteiger partial charge in [0.25, 0.3) is 0 Å². The van der Waals surface area contributed by atoms with Gasteiger partial charge in [0.1, 0.15) is 0 Å². The minimum absolute atomic E-state index is 0.0705. The third-order valence-electron chi connectivity index (χ3n) is 2.14. The number of rotatable bonds is 4. The largest absolute Gasteiger partial charge is 0.394 e. The molecule has 4 heteroatoms. The SMILES string of the molecule is CC(C)C(CO)Nc1nccn1C. The van der Waals surface area contributed by atoms with Crippen LogP contribution in [0.15, 0.2) is 12.4 Å². The molecule has 1 unspecified atom stereocenters. The van der Waals surface area contributed by atoms with Gasteiger partial charge in [-0.15, -0.1) is 0 Å². The van der Waals surface area contributed by atoms with Crippen molar-refractivity contribution in [3.63, 3.8) is 0 Å². The molecule has 0 fully saturated rings. The van der Waals surface area contributed by atoms with Crippen LogP contribution in [0.25, 0.3) is 0 Å². The smallest absolute Gasteiger partial charge is 0.202 e. The summed E-state index contributed by atoms with van der Waals surface area (Å²) < 4.78 is 1.89. The maximum Gasteiger partial charge on any atom is 0.202 e. The summed E-state index contributed by atoms with van der Waals surface area (Å²) in [4.78, 5) is 4.13. The van der Waals surface area contributed by atoms with Gasteiger partial charge < -0.3 is 15.0 Å². The Kier molecular flexibility index (Phi) is 3.31. The second-order valence-corrected chi connectivity index (χ2v) is 3.54. The molecule has 1 aromatic heterocycles. The van der Waals surface area contributed by atoms with E-state index in [4.69, 9.17) is 5.11 Å². The van der Waals surface area contributed by atoms with Crippen molar-refractivity contribution in [3.8, 4) is 0 Å². The Morgan fingerprint density at radius 2 is 2.31 bits per heavy atom. The third-order valence-corrected chi connectivity index (χ3v) is 2.14. The van der Waals surface area contributed by atoms with E-state index in [1.165, 1.54) is 0 Å². The predicted molar refractivity (Wildman–Crippen MR) is 52.5 cm³/mol. The van der Waals surface area contributed by atoms with Crippen molar-refractivity contribution < 1.29 is 5.11 Å². The lowest BCUT2D eigenvalue weighted by Crippen LogP contribution is -2.30. The number of aromatic nitrogens is 2. The number of aliphatic hydroxyl groups is 1. The molecule has 0 aliphatic rings. The summed E-state index contributed by atoms with van der Waals surface area (Å²) in [5.41, 5.74) is 0. The fourth-order valence-corrected chi connectivity index (χ4v) is 1.09. The van der Waals surface area contributed by atoms with Gasteiger partial charge in [0.05, 0.1) is 12.6 Å². The van der Waals surface area contributed by atoms with Gasteiger partial charge in [0, 0.05) is 19.4 Å². The molecule has 1 aromatic rings. The molecule has 1 heterocycles. The van der Waals surface area contributed by atoms with Crippen LogP contribution in [0, 0.1) is 5.92 Å². The van der Waals surface area contributed by atoms with Gasteiger partial charge in [-0.2, -0.15) is 0 Å². The van der Waals surface area contributed by atoms with Gasteiger partial charge in [-0.05, 0) is 5.92 Å². The van der Waals surface area contributed by atoms with Crippen LogP contribution in [0.2, 0.25) is 0 Å². The number of hydrogen-bond acceptors (Lipinski definition) is 3. The Morgan fingerprint density at radius 3 is 2.69 bits per heavy atom. The van der Waals surface area contributed by atoms with E-state index in [0.29, 0.717) is 5.92 Å². The summed E-state index contributed by atoms with van der Waals surface area (Å²) in [7, 11) is 1.92. The number of hydrogen-bond donors (Lipinski definition) is 2. The lowest BCUT2D eigenvalue weighted by atomic mass is 10.1. The van der Waals surface area contributed by atoms with Gasteiger partial charge in [-0.3, -0.25) is 0 Å². The van der Waals surface area contributed by atoms with Crippen LogP contribution < -0.4 is 5.32 Å². The van der Waals surface area contributed by atoms with E-state index < -0.39 is 0 Å². The molecular weight excluding hydrogens is 166 g/mol. The van der Waals surface area contributed by atoms with Crippen molar-refractivity contribution in [1.82, 2.24) is 9.55 Å². The monoisotopic (exact) mass is 183 g/mol. The maximum atomic E-state index is 9.09. The quantitative estimate of drug-likeness (QED) is 0.727. The minimum Gasteiger partial charge on any atom is -0.394 e. The van der Waals surface area contributed by atoms with Crippen molar-refractivity contribution in [1.29, 1.82) is 0 Å². The molecule has 0 amide bonds. The molecule has 74 valence electrons. The first kappa shape index (κ1) is 10.1. The highest BCUT2D eigenvalue weighted by atomic mass is 16.3. The van der Waals surface area contributed by atoms with Crippen LogP contribution in [-0.2, 0) is 7.05 Å². The maximum absolute atomic E-state index is 9.09. The van der Waals surface area contributed by atoms with Gasteiger partial charge in [-0.1, -0.05) is 13.8 Å². The second kappa shape index (κ2) is 4.28. The van der Waals surface area contributed by atoms with Crippen molar-refractivity contribution in [2.75, 3.05) is 11.9 Å². The summed E-state index contributed by atoms with van der Waals surface area (Å²) in [6.45, 7) is 4.26. The lowest BCUT2D eigenvalue weighted by molar-refractivity contribution is 0.248. The molecule has 0 saturated heterocycles. The Bertz CT molecular complexity index is 257. The fraction of sp³-hybridized carbons (Fsp3) is 0.667. The molecule has 0 spiro atoms. The molecule has 0 aromatic carbocycles. The topological polar surface area (TPSA) is 50.1 Å². The number of aryl methyl sites for hydroxylation is 1. The molecule has 1 atom stereocenters. The highest BCUT2D eigenvalue weighted by Crippen LogP contribution is 2.09. The van der Waals surface area contributed by atoms with Crippen LogP contribution >= 0.6 is 0 Å². The van der Waals surface area contributed by atoms with Gasteiger partial charge >= 0.3 is 0 Å². The Balaban J connectivity index is 2.62. The second-order valence-electron chi connectivity index (χ2n) is 3.54. The molecule has 4 nitrogen and oxygen atoms in total. The van der Waals surface area contributed by atoms with Crippen LogP contribution in [0.1, 0.15) is 13.8 Å². The molecule has 0 bridgehead atoms. The highest BCUT2D eigenvalue weighted by Gasteiger charge is 2.13. The van der Waals surface area contributed by atoms with Gasteiger partial charge in [-0.25, -0.2) is 4.98 Å². The number of anilines is 1. The van der Waals surface area contributed by atoms with E-state index in [9.17, 15) is 0 Å². The Hall–Kier alpha value is -1.03. The number of nitrogens with one attached hydrogen (secondary N) is 1. The summed E-state index contributed by atoms with van der Waals surface area (Å²) in [6, 6.07) is 0.0705. The first-order valence-corrected chi connectivity index (χ1v) is 4.50. The molecule has 0 aliphatic heterocycles. The van der Waals surface area contributed by atoms with Crippen molar-refractivity contribution in [2.24, 2.45) is 13.0 Å². The molecule has 1 rings (SSSR count). The molecular formula is C9H17N3O. The lowest BCUT2D eigenvalue weighted by Gasteiger charge is -2.20. The van der Waals surface area contributed by atoms with Crippen LogP contribution in [0.4, 0.5) is 5.95 Å². The van der Waals surface area contributed by atoms with Gasteiger partial charge in [0.15, 0.2) is 0 Å². The normalized spacial score (nSPS) is 13.3. The predicted octanol–water partition coefficient (Wildman–Crippen LogP) is 0.849. The van der Waals surface area contributed by atoms with Crippen molar-refractivity contribution in [2.45, 2.75) is 19.9 Å². The third kappa shape index (κ3) is 2.45. The molecule has 0 aliphatic carbocycles. The van der Waals surface area contributed by atoms with Crippen molar-refractivity contribution >= 4 is 5.95 Å². The minimum atomic E-state index is 0.0705. The van der Waals surface area contributed by atoms with E-state index in [1.807, 2.05) is 17.8 Å². The fourth-order valence-electron chi connectivity index (χ4n) is 1.09. The Morgan fingerprint density at radius 1 is 1.62 bits per heavy atom. The summed E-state index contributed by atoms with van der Waals surface area (Å²) in [5.74, 6) is 1.19. The summed E-state index contributed by atoms with van der Waals surface area (Å²) >= 11 is 0. The van der Waals surface area contributed by atoms with Crippen molar-refractivity contribution in [3.05, 3.63) is 12.4 Å². The molecule has 2 N–H and O–H groups in total. The van der Waals surface area contributed by atoms with E-state index >= 15 is 0 Å². The summed E-state index contributed by atoms with van der Waals surface area (Å²) in [5, 5.41) is 12.3. The average Bonchev–Trinajstić information content (AvgIpc) is 2.46. The first-order valence-electron chi connectivity index (χ1n) is 4.50. The number of nitrogens with zero attached hydrogens (tertiary/aromatic N) is 2. The Labute approximate surface area is 78.6 Å². The van der Waals surface area contributed by atoms with E-state index in [2.05, 4.69) is 24.1 Å². The molecule has 0 radical (unpaired) electrons. The molecule has 13 heavy (non-hydrogen) atoms. The zero-order valence-corrected chi connectivity index (χ0v) is 8.36. The molecule has 0 saturated carbocycles. The van der Waals surface area contributed by atoms with Gasteiger partial charge in [0.2, 0.25) is 5.95 Å². The van der Waals surface area contributed by atoms with E-state index in [-0.39, 0.29) is 12.6 Å². The van der Waals surface area contributed by atoms with E-state index in [1.54, 1.807) is 6.20 Å². The van der Waals surface area contributed by atoms with Crippen LogP contribution in [0.5, 0.6) is 0 Å². The standard InChI is InChI=1S/C9H17N3O/c1-7(2)8(6-13)11-9-10-4-5-12(9)3/h4-5,7-8,13H,6H2,1-3H3,(H,10,11). The number of aliphatic hydroxyl groups excluding tert-OH is 1. The highest BCUT2D eigenvalue weighted by molar-refractivity contribution is 5.27. The zero-order chi connectivity index (χ0) is 9.84. The van der Waals surface area contributed by atoms with E-state index in [0.717, 1.165) is 5.95 Å². The first-order chi connectivity index (χ1) is 6.15. The van der Waals surface area contributed by atoms with Crippen LogP contribution in [0.3, 0.4) is 0 Å². The van der Waals surface area contributed by atoms with Crippen LogP contribution in [-0.4, -0.2) is 27.3 Å².